The van der Waals surface area contributed by atoms with Crippen LogP contribution in [0.15, 0.2) is 0 Å². The van der Waals surface area contributed by atoms with Crippen LogP contribution in [0.25, 0.3) is 0 Å². The van der Waals surface area contributed by atoms with Gasteiger partial charge >= 0.3 is 12.1 Å². The standard InChI is InChI=1S/C16H29N3O4/c1-11-10-18(15(22)23-16(2,3)4)5-6-19(11)13-7-12(14(20)21)8-17-9-13/h11-13,17H,5-10H2,1-4H3,(H,20,21)/t11-,12-,13-/m0/s1. The van der Waals surface area contributed by atoms with E-state index in [2.05, 4.69) is 17.1 Å². The number of piperazine rings is 1. The molecule has 2 fully saturated rings. The molecule has 0 spiro atoms. The number of nitrogens with zero attached hydrogens (tertiary/aromatic N) is 2. The van der Waals surface area contributed by atoms with Gasteiger partial charge < -0.3 is 20.1 Å². The molecule has 0 aromatic rings. The van der Waals surface area contributed by atoms with E-state index in [1.165, 1.54) is 0 Å². The van der Waals surface area contributed by atoms with Crippen LogP contribution in [-0.4, -0.2) is 77.4 Å². The highest BCUT2D eigenvalue weighted by Gasteiger charge is 2.36. The quantitative estimate of drug-likeness (QED) is 0.787. The molecule has 0 aromatic heterocycles. The van der Waals surface area contributed by atoms with Gasteiger partial charge in [-0.2, -0.15) is 0 Å². The molecule has 0 radical (unpaired) electrons. The third-order valence-corrected chi connectivity index (χ3v) is 4.48. The lowest BCUT2D eigenvalue weighted by Gasteiger charge is -2.45. The summed E-state index contributed by atoms with van der Waals surface area (Å²) in [6, 6.07) is 0.399. The Labute approximate surface area is 138 Å². The topological polar surface area (TPSA) is 82.1 Å². The molecule has 7 heteroatoms. The fraction of sp³-hybridized carbons (Fsp3) is 0.875. The number of carbonyl (C=O) groups is 2. The van der Waals surface area contributed by atoms with Gasteiger partial charge in [-0.15, -0.1) is 0 Å². The molecule has 2 aliphatic heterocycles. The van der Waals surface area contributed by atoms with Crippen molar-refractivity contribution >= 4 is 12.1 Å². The normalized spacial score (nSPS) is 30.1. The van der Waals surface area contributed by atoms with Crippen molar-refractivity contribution < 1.29 is 19.4 Å². The molecule has 1 amide bonds. The predicted molar refractivity (Wildman–Crippen MR) is 86.4 cm³/mol. The molecule has 0 saturated carbocycles. The molecule has 2 rings (SSSR count). The molecule has 0 aromatic carbocycles. The number of aliphatic carboxylic acids is 1. The molecule has 2 saturated heterocycles. The summed E-state index contributed by atoms with van der Waals surface area (Å²) in [4.78, 5) is 27.5. The van der Waals surface area contributed by atoms with Crippen LogP contribution >= 0.6 is 0 Å². The minimum Gasteiger partial charge on any atom is -0.481 e. The molecular formula is C16H29N3O4. The van der Waals surface area contributed by atoms with Crippen molar-refractivity contribution in [3.8, 4) is 0 Å². The van der Waals surface area contributed by atoms with Crippen molar-refractivity contribution in [1.82, 2.24) is 15.1 Å². The Kier molecular flexibility index (Phi) is 5.52. The summed E-state index contributed by atoms with van der Waals surface area (Å²) in [5.74, 6) is -1.06. The fourth-order valence-corrected chi connectivity index (χ4v) is 3.37. The second kappa shape index (κ2) is 7.05. The number of ether oxygens (including phenoxy) is 1. The predicted octanol–water partition coefficient (Wildman–Crippen LogP) is 0.990. The van der Waals surface area contributed by atoms with Crippen LogP contribution in [0.2, 0.25) is 0 Å². The van der Waals surface area contributed by atoms with Gasteiger partial charge in [0.15, 0.2) is 0 Å². The molecule has 3 atom stereocenters. The van der Waals surface area contributed by atoms with Crippen molar-refractivity contribution in [2.24, 2.45) is 5.92 Å². The van der Waals surface area contributed by atoms with Crippen molar-refractivity contribution in [3.05, 3.63) is 0 Å². The number of nitrogens with one attached hydrogen (secondary N) is 1. The van der Waals surface area contributed by atoms with Gasteiger partial charge in [0.1, 0.15) is 5.60 Å². The number of carboxylic acids is 1. The zero-order valence-corrected chi connectivity index (χ0v) is 14.5. The lowest BCUT2D eigenvalue weighted by atomic mass is 9.93. The van der Waals surface area contributed by atoms with E-state index in [1.54, 1.807) is 4.90 Å². The maximum atomic E-state index is 12.2. The number of piperidine rings is 1. The highest BCUT2D eigenvalue weighted by molar-refractivity contribution is 5.70. The maximum Gasteiger partial charge on any atom is 0.410 e. The van der Waals surface area contributed by atoms with Gasteiger partial charge in [0, 0.05) is 44.8 Å². The third kappa shape index (κ3) is 4.81. The first-order chi connectivity index (χ1) is 10.7. The number of rotatable bonds is 2. The van der Waals surface area contributed by atoms with Gasteiger partial charge in [0.05, 0.1) is 5.92 Å². The van der Waals surface area contributed by atoms with Crippen LogP contribution in [0.1, 0.15) is 34.1 Å². The van der Waals surface area contributed by atoms with E-state index >= 15 is 0 Å². The lowest BCUT2D eigenvalue weighted by molar-refractivity contribution is -0.143. The van der Waals surface area contributed by atoms with Crippen molar-refractivity contribution in [1.29, 1.82) is 0 Å². The Morgan fingerprint density at radius 2 is 1.91 bits per heavy atom. The van der Waals surface area contributed by atoms with Crippen LogP contribution in [0.5, 0.6) is 0 Å². The molecule has 0 unspecified atom stereocenters. The van der Waals surface area contributed by atoms with E-state index in [9.17, 15) is 14.7 Å². The highest BCUT2D eigenvalue weighted by atomic mass is 16.6. The monoisotopic (exact) mass is 327 g/mol. The summed E-state index contributed by atoms with van der Waals surface area (Å²) < 4.78 is 5.43. The van der Waals surface area contributed by atoms with Gasteiger partial charge in [-0.1, -0.05) is 0 Å². The first kappa shape index (κ1) is 18.0. The number of hydrogen-bond donors (Lipinski definition) is 2. The number of carboxylic acid groups (broad SMARTS) is 1. The van der Waals surface area contributed by atoms with E-state index in [1.807, 2.05) is 20.8 Å². The Morgan fingerprint density at radius 3 is 2.48 bits per heavy atom. The summed E-state index contributed by atoms with van der Waals surface area (Å²) in [5, 5.41) is 12.4. The summed E-state index contributed by atoms with van der Waals surface area (Å²) in [6.07, 6.45) is 0.397. The van der Waals surface area contributed by atoms with E-state index in [0.717, 1.165) is 13.1 Å². The third-order valence-electron chi connectivity index (χ3n) is 4.48. The maximum absolute atomic E-state index is 12.2. The second-order valence-corrected chi connectivity index (χ2v) is 7.60. The van der Waals surface area contributed by atoms with E-state index in [-0.39, 0.29) is 24.1 Å². The van der Waals surface area contributed by atoms with Crippen molar-refractivity contribution in [2.45, 2.75) is 51.8 Å². The molecule has 2 heterocycles. The molecule has 2 N–H and O–H groups in total. The summed E-state index contributed by atoms with van der Waals surface area (Å²) in [5.41, 5.74) is -0.487. The van der Waals surface area contributed by atoms with E-state index in [4.69, 9.17) is 4.74 Å². The van der Waals surface area contributed by atoms with E-state index in [0.29, 0.717) is 26.1 Å². The zero-order chi connectivity index (χ0) is 17.2. The first-order valence-corrected chi connectivity index (χ1v) is 8.34. The minimum atomic E-state index is -0.734. The molecular weight excluding hydrogens is 298 g/mol. The first-order valence-electron chi connectivity index (χ1n) is 8.34. The molecule has 23 heavy (non-hydrogen) atoms. The molecule has 0 bridgehead atoms. The molecule has 132 valence electrons. The Balaban J connectivity index is 1.91. The minimum absolute atomic E-state index is 0.190. The van der Waals surface area contributed by atoms with Crippen molar-refractivity contribution in [3.63, 3.8) is 0 Å². The van der Waals surface area contributed by atoms with E-state index < -0.39 is 11.6 Å². The van der Waals surface area contributed by atoms with Crippen LogP contribution in [0.4, 0.5) is 4.79 Å². The van der Waals surface area contributed by atoms with Crippen LogP contribution in [-0.2, 0) is 9.53 Å². The number of hydrogen-bond acceptors (Lipinski definition) is 5. The van der Waals surface area contributed by atoms with Gasteiger partial charge in [-0.25, -0.2) is 4.79 Å². The zero-order valence-electron chi connectivity index (χ0n) is 14.5. The van der Waals surface area contributed by atoms with Crippen molar-refractivity contribution in [2.75, 3.05) is 32.7 Å². The Morgan fingerprint density at radius 1 is 1.22 bits per heavy atom. The molecule has 7 nitrogen and oxygen atoms in total. The van der Waals surface area contributed by atoms with Crippen LogP contribution in [0, 0.1) is 5.92 Å². The van der Waals surface area contributed by atoms with Gasteiger partial charge in [0.2, 0.25) is 0 Å². The average molecular weight is 327 g/mol. The molecule has 2 aliphatic rings. The summed E-state index contributed by atoms with van der Waals surface area (Å²) >= 11 is 0. The van der Waals surface area contributed by atoms with Gasteiger partial charge in [-0.3, -0.25) is 9.69 Å². The summed E-state index contributed by atoms with van der Waals surface area (Å²) in [7, 11) is 0. The lowest BCUT2D eigenvalue weighted by Crippen LogP contribution is -2.61. The fourth-order valence-electron chi connectivity index (χ4n) is 3.37. The largest absolute Gasteiger partial charge is 0.481 e. The van der Waals surface area contributed by atoms with Crippen LogP contribution in [0.3, 0.4) is 0 Å². The number of amides is 1. The Hall–Kier alpha value is -1.34. The van der Waals surface area contributed by atoms with Gasteiger partial charge in [0.25, 0.3) is 0 Å². The molecule has 0 aliphatic carbocycles. The highest BCUT2D eigenvalue weighted by Crippen LogP contribution is 2.22. The SMILES string of the molecule is C[C@H]1CN(C(=O)OC(C)(C)C)CCN1[C@@H]1CNC[C@@H](C(=O)O)C1. The second-order valence-electron chi connectivity index (χ2n) is 7.60. The average Bonchev–Trinajstić information content (AvgIpc) is 2.45. The smallest absolute Gasteiger partial charge is 0.410 e. The Bertz CT molecular complexity index is 449. The summed E-state index contributed by atoms with van der Waals surface area (Å²) in [6.45, 7) is 11.0. The van der Waals surface area contributed by atoms with Gasteiger partial charge in [-0.05, 0) is 34.1 Å². The number of carbonyl (C=O) groups excluding carboxylic acids is 1. The van der Waals surface area contributed by atoms with Crippen LogP contribution < -0.4 is 5.32 Å².